The SMILES string of the molecule is Cc1ccc(CN(C)C(=O)COC(=O)c2cc(Cl)c[nH]2)c(C)c1. The Balaban J connectivity index is 1.88. The van der Waals surface area contributed by atoms with Gasteiger partial charge in [0, 0.05) is 19.8 Å². The van der Waals surface area contributed by atoms with Crippen LogP contribution in [0.3, 0.4) is 0 Å². The normalized spacial score (nSPS) is 10.4. The molecule has 0 aliphatic carbocycles. The van der Waals surface area contributed by atoms with Crippen LogP contribution in [0.2, 0.25) is 5.02 Å². The molecular weight excluding hydrogens is 316 g/mol. The third-order valence-corrected chi connectivity index (χ3v) is 3.74. The first kappa shape index (κ1) is 17.1. The van der Waals surface area contributed by atoms with Crippen molar-refractivity contribution in [1.82, 2.24) is 9.88 Å². The first-order valence-corrected chi connectivity index (χ1v) is 7.55. The van der Waals surface area contributed by atoms with Gasteiger partial charge in [0.25, 0.3) is 5.91 Å². The largest absolute Gasteiger partial charge is 0.451 e. The molecule has 6 heteroatoms. The molecule has 0 bridgehead atoms. The zero-order chi connectivity index (χ0) is 17.0. The van der Waals surface area contributed by atoms with E-state index < -0.39 is 5.97 Å². The Morgan fingerprint density at radius 3 is 2.61 bits per heavy atom. The first-order chi connectivity index (χ1) is 10.9. The number of hydrogen-bond acceptors (Lipinski definition) is 3. The topological polar surface area (TPSA) is 62.4 Å². The molecule has 1 aromatic carbocycles. The highest BCUT2D eigenvalue weighted by Gasteiger charge is 2.15. The lowest BCUT2D eigenvalue weighted by Gasteiger charge is -2.18. The summed E-state index contributed by atoms with van der Waals surface area (Å²) in [5.74, 6) is -0.874. The number of aromatic amines is 1. The van der Waals surface area contributed by atoms with E-state index in [-0.39, 0.29) is 18.2 Å². The molecule has 122 valence electrons. The number of likely N-dealkylation sites (N-methyl/N-ethyl adjacent to an activating group) is 1. The second kappa shape index (κ2) is 7.33. The summed E-state index contributed by atoms with van der Waals surface area (Å²) in [5, 5.41) is 0.412. The molecule has 0 spiro atoms. The number of halogens is 1. The summed E-state index contributed by atoms with van der Waals surface area (Å²) >= 11 is 5.72. The summed E-state index contributed by atoms with van der Waals surface area (Å²) in [5.41, 5.74) is 3.59. The Morgan fingerprint density at radius 1 is 1.26 bits per heavy atom. The molecule has 2 rings (SSSR count). The zero-order valence-corrected chi connectivity index (χ0v) is 14.1. The minimum atomic E-state index is -0.606. The van der Waals surface area contributed by atoms with Crippen LogP contribution in [0.15, 0.2) is 30.5 Å². The predicted molar refractivity (Wildman–Crippen MR) is 88.5 cm³/mol. The number of hydrogen-bond donors (Lipinski definition) is 1. The van der Waals surface area contributed by atoms with Crippen molar-refractivity contribution in [3.05, 3.63) is 57.9 Å². The monoisotopic (exact) mass is 334 g/mol. The molecule has 1 aromatic heterocycles. The van der Waals surface area contributed by atoms with E-state index >= 15 is 0 Å². The summed E-state index contributed by atoms with van der Waals surface area (Å²) < 4.78 is 4.99. The fraction of sp³-hybridized carbons (Fsp3) is 0.294. The average molecular weight is 335 g/mol. The van der Waals surface area contributed by atoms with Crippen LogP contribution in [0.1, 0.15) is 27.2 Å². The smallest absolute Gasteiger partial charge is 0.355 e. The zero-order valence-electron chi connectivity index (χ0n) is 13.4. The van der Waals surface area contributed by atoms with Crippen LogP contribution in [0.25, 0.3) is 0 Å². The van der Waals surface area contributed by atoms with Crippen LogP contribution in [0.5, 0.6) is 0 Å². The summed E-state index contributed by atoms with van der Waals surface area (Å²) in [6.07, 6.45) is 1.48. The number of ether oxygens (including phenoxy) is 1. The summed E-state index contributed by atoms with van der Waals surface area (Å²) in [6.45, 7) is 4.20. The fourth-order valence-corrected chi connectivity index (χ4v) is 2.33. The molecule has 1 amide bonds. The second-order valence-electron chi connectivity index (χ2n) is 5.49. The van der Waals surface area contributed by atoms with E-state index in [1.807, 2.05) is 26.0 Å². The number of benzene rings is 1. The molecule has 1 N–H and O–H groups in total. The summed E-state index contributed by atoms with van der Waals surface area (Å²) in [6, 6.07) is 7.54. The van der Waals surface area contributed by atoms with Crippen LogP contribution in [0.4, 0.5) is 0 Å². The minimum Gasteiger partial charge on any atom is -0.451 e. The van der Waals surface area contributed by atoms with Gasteiger partial charge >= 0.3 is 5.97 Å². The molecule has 0 radical (unpaired) electrons. The number of amides is 1. The van der Waals surface area contributed by atoms with E-state index in [0.29, 0.717) is 11.6 Å². The van der Waals surface area contributed by atoms with Gasteiger partial charge in [-0.05, 0) is 31.0 Å². The molecule has 5 nitrogen and oxygen atoms in total. The molecular formula is C17H19ClN2O3. The number of carbonyl (C=O) groups is 2. The molecule has 2 aromatic rings. The maximum atomic E-state index is 12.1. The molecule has 23 heavy (non-hydrogen) atoms. The maximum Gasteiger partial charge on any atom is 0.355 e. The maximum absolute atomic E-state index is 12.1. The van der Waals surface area contributed by atoms with E-state index in [1.54, 1.807) is 7.05 Å². The van der Waals surface area contributed by atoms with Crippen LogP contribution in [0, 0.1) is 13.8 Å². The quantitative estimate of drug-likeness (QED) is 0.855. The lowest BCUT2D eigenvalue weighted by molar-refractivity contribution is -0.133. The number of H-pyrrole nitrogens is 1. The van der Waals surface area contributed by atoms with E-state index in [2.05, 4.69) is 11.1 Å². The van der Waals surface area contributed by atoms with Crippen LogP contribution < -0.4 is 0 Å². The molecule has 0 aliphatic rings. The van der Waals surface area contributed by atoms with Gasteiger partial charge in [0.05, 0.1) is 5.02 Å². The van der Waals surface area contributed by atoms with Crippen LogP contribution in [-0.2, 0) is 16.1 Å². The van der Waals surface area contributed by atoms with Crippen molar-refractivity contribution in [3.63, 3.8) is 0 Å². The van der Waals surface area contributed by atoms with Crippen molar-refractivity contribution in [2.24, 2.45) is 0 Å². The minimum absolute atomic E-state index is 0.222. The number of nitrogens with zero attached hydrogens (tertiary/aromatic N) is 1. The van der Waals surface area contributed by atoms with Crippen molar-refractivity contribution in [2.45, 2.75) is 20.4 Å². The standard InChI is InChI=1S/C17H19ClN2O3/c1-11-4-5-13(12(2)6-11)9-20(3)16(21)10-23-17(22)15-7-14(18)8-19-15/h4-8,19H,9-10H2,1-3H3. The molecule has 0 unspecified atom stereocenters. The van der Waals surface area contributed by atoms with Gasteiger partial charge in [-0.2, -0.15) is 0 Å². The third kappa shape index (κ3) is 4.60. The van der Waals surface area contributed by atoms with Gasteiger partial charge in [-0.15, -0.1) is 0 Å². The predicted octanol–water partition coefficient (Wildman–Crippen LogP) is 3.10. The lowest BCUT2D eigenvalue weighted by Crippen LogP contribution is -2.31. The second-order valence-corrected chi connectivity index (χ2v) is 5.92. The highest BCUT2D eigenvalue weighted by molar-refractivity contribution is 6.30. The Bertz CT molecular complexity index is 724. The Kier molecular flexibility index (Phi) is 5.45. The van der Waals surface area contributed by atoms with Gasteiger partial charge in [-0.1, -0.05) is 35.4 Å². The van der Waals surface area contributed by atoms with Crippen LogP contribution >= 0.6 is 11.6 Å². The van der Waals surface area contributed by atoms with Gasteiger partial charge in [0.2, 0.25) is 0 Å². The number of esters is 1. The summed E-state index contributed by atoms with van der Waals surface area (Å²) in [4.78, 5) is 28.0. The van der Waals surface area contributed by atoms with E-state index in [0.717, 1.165) is 11.1 Å². The average Bonchev–Trinajstić information content (AvgIpc) is 2.93. The van der Waals surface area contributed by atoms with Crippen molar-refractivity contribution >= 4 is 23.5 Å². The molecule has 0 fully saturated rings. The number of rotatable bonds is 5. The molecule has 1 heterocycles. The first-order valence-electron chi connectivity index (χ1n) is 7.18. The van der Waals surface area contributed by atoms with Crippen molar-refractivity contribution in [1.29, 1.82) is 0 Å². The molecule has 0 atom stereocenters. The lowest BCUT2D eigenvalue weighted by atomic mass is 10.1. The van der Waals surface area contributed by atoms with Crippen LogP contribution in [-0.4, -0.2) is 35.4 Å². The van der Waals surface area contributed by atoms with Crippen molar-refractivity contribution in [2.75, 3.05) is 13.7 Å². The van der Waals surface area contributed by atoms with Gasteiger partial charge < -0.3 is 14.6 Å². The number of carbonyl (C=O) groups excluding carboxylic acids is 2. The highest BCUT2D eigenvalue weighted by atomic mass is 35.5. The number of aryl methyl sites for hydroxylation is 2. The van der Waals surface area contributed by atoms with Gasteiger partial charge in [0.1, 0.15) is 5.69 Å². The molecule has 0 saturated carbocycles. The van der Waals surface area contributed by atoms with Crippen molar-refractivity contribution in [3.8, 4) is 0 Å². The fourth-order valence-electron chi connectivity index (χ4n) is 2.17. The van der Waals surface area contributed by atoms with E-state index in [9.17, 15) is 9.59 Å². The Labute approximate surface area is 140 Å². The van der Waals surface area contributed by atoms with Crippen molar-refractivity contribution < 1.29 is 14.3 Å². The van der Waals surface area contributed by atoms with Gasteiger partial charge in [0.15, 0.2) is 6.61 Å². The van der Waals surface area contributed by atoms with Gasteiger partial charge in [-0.3, -0.25) is 4.79 Å². The Morgan fingerprint density at radius 2 is 2.00 bits per heavy atom. The Hall–Kier alpha value is -2.27. The third-order valence-electron chi connectivity index (χ3n) is 3.53. The molecule has 0 saturated heterocycles. The molecule has 0 aliphatic heterocycles. The number of aromatic nitrogens is 1. The van der Waals surface area contributed by atoms with E-state index in [4.69, 9.17) is 16.3 Å². The number of nitrogens with one attached hydrogen (secondary N) is 1. The van der Waals surface area contributed by atoms with E-state index in [1.165, 1.54) is 22.7 Å². The van der Waals surface area contributed by atoms with Gasteiger partial charge in [-0.25, -0.2) is 4.79 Å². The summed E-state index contributed by atoms with van der Waals surface area (Å²) in [7, 11) is 1.68. The highest BCUT2D eigenvalue weighted by Crippen LogP contribution is 2.13.